The molecule has 0 aromatic carbocycles. The SMILES string of the molecule is Clc1nc(C2CCCc3cccnc32)c2cn[nH]c2n1. The van der Waals surface area contributed by atoms with Crippen molar-refractivity contribution in [3.05, 3.63) is 46.8 Å². The molecule has 5 nitrogen and oxygen atoms in total. The first-order chi connectivity index (χ1) is 9.83. The van der Waals surface area contributed by atoms with Crippen molar-refractivity contribution < 1.29 is 0 Å². The topological polar surface area (TPSA) is 67.3 Å². The van der Waals surface area contributed by atoms with Gasteiger partial charge < -0.3 is 0 Å². The van der Waals surface area contributed by atoms with E-state index in [1.54, 1.807) is 6.20 Å². The number of fused-ring (bicyclic) bond motifs is 2. The number of nitrogens with zero attached hydrogens (tertiary/aromatic N) is 4. The lowest BCUT2D eigenvalue weighted by Crippen LogP contribution is -2.14. The molecule has 0 saturated carbocycles. The van der Waals surface area contributed by atoms with Gasteiger partial charge >= 0.3 is 0 Å². The van der Waals surface area contributed by atoms with Gasteiger partial charge in [-0.3, -0.25) is 10.1 Å². The summed E-state index contributed by atoms with van der Waals surface area (Å²) in [7, 11) is 0. The van der Waals surface area contributed by atoms with Gasteiger partial charge in [0.1, 0.15) is 0 Å². The van der Waals surface area contributed by atoms with Crippen LogP contribution in [0.2, 0.25) is 5.28 Å². The largest absolute Gasteiger partial charge is 0.261 e. The Morgan fingerprint density at radius 2 is 2.20 bits per heavy atom. The van der Waals surface area contributed by atoms with E-state index < -0.39 is 0 Å². The van der Waals surface area contributed by atoms with Gasteiger partial charge in [0.25, 0.3) is 0 Å². The lowest BCUT2D eigenvalue weighted by atomic mass is 9.84. The molecule has 0 spiro atoms. The molecule has 0 saturated heterocycles. The van der Waals surface area contributed by atoms with Crippen LogP contribution in [-0.2, 0) is 6.42 Å². The number of hydrogen-bond acceptors (Lipinski definition) is 4. The van der Waals surface area contributed by atoms with E-state index in [-0.39, 0.29) is 11.2 Å². The highest BCUT2D eigenvalue weighted by Gasteiger charge is 2.26. The first kappa shape index (κ1) is 11.8. The zero-order valence-corrected chi connectivity index (χ0v) is 11.4. The van der Waals surface area contributed by atoms with Gasteiger partial charge in [0.15, 0.2) is 5.65 Å². The third-order valence-electron chi connectivity index (χ3n) is 3.84. The summed E-state index contributed by atoms with van der Waals surface area (Å²) in [5, 5.41) is 8.08. The van der Waals surface area contributed by atoms with Gasteiger partial charge in [0, 0.05) is 12.1 Å². The molecule has 1 N–H and O–H groups in total. The molecule has 3 heterocycles. The summed E-state index contributed by atoms with van der Waals surface area (Å²) in [6.45, 7) is 0. The van der Waals surface area contributed by atoms with Crippen LogP contribution in [0.1, 0.15) is 35.7 Å². The second-order valence-corrected chi connectivity index (χ2v) is 5.34. The zero-order chi connectivity index (χ0) is 13.5. The van der Waals surface area contributed by atoms with Crippen molar-refractivity contribution in [1.82, 2.24) is 25.1 Å². The summed E-state index contributed by atoms with van der Waals surface area (Å²) < 4.78 is 0. The van der Waals surface area contributed by atoms with Crippen LogP contribution in [0.15, 0.2) is 24.5 Å². The van der Waals surface area contributed by atoms with E-state index in [0.29, 0.717) is 5.65 Å². The summed E-state index contributed by atoms with van der Waals surface area (Å²) in [6, 6.07) is 4.13. The van der Waals surface area contributed by atoms with E-state index in [0.717, 1.165) is 36.0 Å². The number of hydrogen-bond donors (Lipinski definition) is 1. The molecular formula is C14H12ClN5. The van der Waals surface area contributed by atoms with Gasteiger partial charge in [-0.05, 0) is 42.5 Å². The molecule has 0 bridgehead atoms. The van der Waals surface area contributed by atoms with Crippen LogP contribution in [0.5, 0.6) is 0 Å². The minimum Gasteiger partial charge on any atom is -0.261 e. The van der Waals surface area contributed by atoms with Gasteiger partial charge in [0.05, 0.1) is 23.0 Å². The average Bonchev–Trinajstić information content (AvgIpc) is 2.94. The van der Waals surface area contributed by atoms with Gasteiger partial charge in [0.2, 0.25) is 5.28 Å². The number of nitrogens with one attached hydrogen (secondary N) is 1. The van der Waals surface area contributed by atoms with Crippen LogP contribution >= 0.6 is 11.6 Å². The number of H-pyrrole nitrogens is 1. The van der Waals surface area contributed by atoms with Crippen molar-refractivity contribution in [2.24, 2.45) is 0 Å². The van der Waals surface area contributed by atoms with Gasteiger partial charge in [-0.25, -0.2) is 4.98 Å². The summed E-state index contributed by atoms with van der Waals surface area (Å²) >= 11 is 6.04. The smallest absolute Gasteiger partial charge is 0.224 e. The summed E-state index contributed by atoms with van der Waals surface area (Å²) in [5.74, 6) is 0.167. The molecule has 1 aliphatic carbocycles. The van der Waals surface area contributed by atoms with E-state index in [1.165, 1.54) is 5.56 Å². The van der Waals surface area contributed by atoms with Crippen molar-refractivity contribution in [2.75, 3.05) is 0 Å². The lowest BCUT2D eigenvalue weighted by Gasteiger charge is -2.24. The predicted octanol–water partition coefficient (Wildman–Crippen LogP) is 2.87. The van der Waals surface area contributed by atoms with Crippen LogP contribution in [0.3, 0.4) is 0 Å². The maximum absolute atomic E-state index is 6.04. The molecule has 1 unspecified atom stereocenters. The monoisotopic (exact) mass is 285 g/mol. The highest BCUT2D eigenvalue weighted by molar-refractivity contribution is 6.28. The first-order valence-electron chi connectivity index (χ1n) is 6.63. The fourth-order valence-corrected chi connectivity index (χ4v) is 3.15. The maximum atomic E-state index is 6.04. The van der Waals surface area contributed by atoms with E-state index in [4.69, 9.17) is 11.6 Å². The minimum atomic E-state index is 0.167. The highest BCUT2D eigenvalue weighted by Crippen LogP contribution is 2.37. The number of aromatic amines is 1. The molecule has 3 aromatic heterocycles. The van der Waals surface area contributed by atoms with Crippen molar-refractivity contribution in [3.8, 4) is 0 Å². The number of rotatable bonds is 1. The van der Waals surface area contributed by atoms with Crippen LogP contribution in [0.4, 0.5) is 0 Å². The molecule has 0 fully saturated rings. The summed E-state index contributed by atoms with van der Waals surface area (Å²) in [5.41, 5.74) is 4.02. The van der Waals surface area contributed by atoms with Crippen LogP contribution in [0, 0.1) is 0 Å². The van der Waals surface area contributed by atoms with E-state index >= 15 is 0 Å². The van der Waals surface area contributed by atoms with Gasteiger partial charge in [-0.2, -0.15) is 10.1 Å². The molecule has 4 rings (SSSR count). The van der Waals surface area contributed by atoms with E-state index in [1.807, 2.05) is 12.3 Å². The molecule has 1 atom stereocenters. The highest BCUT2D eigenvalue weighted by atomic mass is 35.5. The Morgan fingerprint density at radius 1 is 1.25 bits per heavy atom. The number of aryl methyl sites for hydroxylation is 1. The van der Waals surface area contributed by atoms with Gasteiger partial charge in [-0.15, -0.1) is 0 Å². The van der Waals surface area contributed by atoms with Crippen molar-refractivity contribution in [2.45, 2.75) is 25.2 Å². The standard InChI is InChI=1S/C14H12ClN5/c15-14-18-12(10-7-17-20-13(10)19-14)9-5-1-3-8-4-2-6-16-11(8)9/h2,4,6-7,9H,1,3,5H2,(H,17,18,19,20). The maximum Gasteiger partial charge on any atom is 0.224 e. The molecule has 20 heavy (non-hydrogen) atoms. The van der Waals surface area contributed by atoms with Crippen molar-refractivity contribution in [3.63, 3.8) is 0 Å². The summed E-state index contributed by atoms with van der Waals surface area (Å²) in [6.07, 6.45) is 6.83. The second kappa shape index (κ2) is 4.52. The number of pyridine rings is 1. The Morgan fingerprint density at radius 3 is 3.15 bits per heavy atom. The molecular weight excluding hydrogens is 274 g/mol. The predicted molar refractivity (Wildman–Crippen MR) is 75.7 cm³/mol. The zero-order valence-electron chi connectivity index (χ0n) is 10.7. The molecule has 100 valence electrons. The van der Waals surface area contributed by atoms with E-state index in [9.17, 15) is 0 Å². The molecule has 3 aromatic rings. The molecule has 0 radical (unpaired) electrons. The Bertz CT molecular complexity index is 782. The van der Waals surface area contributed by atoms with Crippen LogP contribution in [0.25, 0.3) is 11.0 Å². The first-order valence-corrected chi connectivity index (χ1v) is 7.01. The fraction of sp³-hybridized carbons (Fsp3) is 0.286. The molecule has 0 aliphatic heterocycles. The fourth-order valence-electron chi connectivity index (χ4n) is 2.97. The molecule has 6 heteroatoms. The van der Waals surface area contributed by atoms with Gasteiger partial charge in [-0.1, -0.05) is 6.07 Å². The van der Waals surface area contributed by atoms with Crippen molar-refractivity contribution in [1.29, 1.82) is 0 Å². The minimum absolute atomic E-state index is 0.167. The third kappa shape index (κ3) is 1.78. The van der Waals surface area contributed by atoms with Crippen LogP contribution in [-0.4, -0.2) is 25.1 Å². The molecule has 1 aliphatic rings. The van der Waals surface area contributed by atoms with E-state index in [2.05, 4.69) is 31.2 Å². The second-order valence-electron chi connectivity index (χ2n) is 5.00. The Kier molecular flexibility index (Phi) is 2.67. The Balaban J connectivity index is 1.94. The Labute approximate surface area is 120 Å². The van der Waals surface area contributed by atoms with Crippen LogP contribution < -0.4 is 0 Å². The summed E-state index contributed by atoms with van der Waals surface area (Å²) in [4.78, 5) is 13.2. The van der Waals surface area contributed by atoms with Crippen molar-refractivity contribution >= 4 is 22.6 Å². The number of halogens is 1. The lowest BCUT2D eigenvalue weighted by molar-refractivity contribution is 0.590. The average molecular weight is 286 g/mol. The third-order valence-corrected chi connectivity index (χ3v) is 4.01. The molecule has 0 amide bonds. The normalized spacial score (nSPS) is 18.1. The number of aromatic nitrogens is 5. The quantitative estimate of drug-likeness (QED) is 0.698. The Hall–Kier alpha value is -2.01.